The topological polar surface area (TPSA) is 76.9 Å². The molecule has 0 aliphatic rings. The van der Waals surface area contributed by atoms with Crippen molar-refractivity contribution < 1.29 is 17.2 Å². The lowest BCUT2D eigenvalue weighted by atomic mass is 10.1. The molecule has 0 unspecified atom stereocenters. The molecule has 0 fully saturated rings. The molecule has 0 aliphatic heterocycles. The molecule has 0 saturated carbocycles. The SMILES string of the molecule is O=S(=O)(Nc1ccc(F)c(C#Cc2cnc3c(ccn3-c3ccccc3)c2Cl)c1F)c1cccnc1. The van der Waals surface area contributed by atoms with Crippen molar-refractivity contribution in [1.29, 1.82) is 0 Å². The maximum atomic E-state index is 15.1. The summed E-state index contributed by atoms with van der Waals surface area (Å²) >= 11 is 6.53. The van der Waals surface area contributed by atoms with Crippen LogP contribution in [-0.2, 0) is 10.0 Å². The molecule has 6 nitrogen and oxygen atoms in total. The highest BCUT2D eigenvalue weighted by Gasteiger charge is 2.19. The smallest absolute Gasteiger partial charge is 0.263 e. The van der Waals surface area contributed by atoms with Crippen molar-refractivity contribution in [2.24, 2.45) is 0 Å². The first-order valence-electron chi connectivity index (χ1n) is 10.5. The van der Waals surface area contributed by atoms with Gasteiger partial charge in [0.05, 0.1) is 21.8 Å². The van der Waals surface area contributed by atoms with Crippen LogP contribution in [0, 0.1) is 23.5 Å². The van der Waals surface area contributed by atoms with E-state index in [1.165, 1.54) is 24.5 Å². The van der Waals surface area contributed by atoms with Crippen LogP contribution in [0.4, 0.5) is 14.5 Å². The van der Waals surface area contributed by atoms with Gasteiger partial charge in [0.2, 0.25) is 0 Å². The molecule has 0 aliphatic carbocycles. The number of pyridine rings is 2. The third-order valence-corrected chi connectivity index (χ3v) is 7.04. The molecular formula is C26H15ClF2N4O2S. The number of hydrogen-bond acceptors (Lipinski definition) is 4. The van der Waals surface area contributed by atoms with Crippen LogP contribution in [0.1, 0.15) is 11.1 Å². The van der Waals surface area contributed by atoms with E-state index in [9.17, 15) is 12.8 Å². The van der Waals surface area contributed by atoms with Gasteiger partial charge in [-0.2, -0.15) is 0 Å². The Hall–Kier alpha value is -4.26. The first kappa shape index (κ1) is 23.5. The number of halogens is 3. The summed E-state index contributed by atoms with van der Waals surface area (Å²) in [6.07, 6.45) is 5.75. The zero-order chi connectivity index (χ0) is 25.3. The number of hydrogen-bond donors (Lipinski definition) is 1. The second kappa shape index (κ2) is 9.41. The largest absolute Gasteiger partial charge is 0.301 e. The lowest BCUT2D eigenvalue weighted by molar-refractivity contribution is 0.578. The van der Waals surface area contributed by atoms with Gasteiger partial charge in [-0.15, -0.1) is 0 Å². The summed E-state index contributed by atoms with van der Waals surface area (Å²) in [5.41, 5.74) is 0.684. The van der Waals surface area contributed by atoms with Gasteiger partial charge in [-0.1, -0.05) is 41.6 Å². The summed E-state index contributed by atoms with van der Waals surface area (Å²) in [4.78, 5) is 8.00. The van der Waals surface area contributed by atoms with Gasteiger partial charge in [0.15, 0.2) is 5.82 Å². The molecule has 1 N–H and O–H groups in total. The van der Waals surface area contributed by atoms with Gasteiger partial charge in [-0.25, -0.2) is 22.2 Å². The predicted molar refractivity (Wildman–Crippen MR) is 133 cm³/mol. The Morgan fingerprint density at radius 1 is 0.944 bits per heavy atom. The normalized spacial score (nSPS) is 11.2. The van der Waals surface area contributed by atoms with Crippen molar-refractivity contribution in [3.05, 3.63) is 113 Å². The Bertz CT molecular complexity index is 1760. The molecule has 0 amide bonds. The molecule has 0 radical (unpaired) electrons. The minimum absolute atomic E-state index is 0.171. The van der Waals surface area contributed by atoms with Gasteiger partial charge in [0.25, 0.3) is 10.0 Å². The number of nitrogens with one attached hydrogen (secondary N) is 1. The Morgan fingerprint density at radius 2 is 1.75 bits per heavy atom. The molecule has 0 saturated heterocycles. The van der Waals surface area contributed by atoms with Crippen LogP contribution in [0.3, 0.4) is 0 Å². The van der Waals surface area contributed by atoms with Crippen LogP contribution in [0.2, 0.25) is 5.02 Å². The van der Waals surface area contributed by atoms with Crippen LogP contribution in [0.15, 0.2) is 90.3 Å². The van der Waals surface area contributed by atoms with Gasteiger partial charge in [0.1, 0.15) is 16.4 Å². The van der Waals surface area contributed by atoms with E-state index < -0.39 is 32.9 Å². The van der Waals surface area contributed by atoms with Crippen LogP contribution in [-0.4, -0.2) is 23.0 Å². The van der Waals surface area contributed by atoms with Crippen LogP contribution >= 0.6 is 11.6 Å². The molecule has 2 aromatic carbocycles. The van der Waals surface area contributed by atoms with Gasteiger partial charge >= 0.3 is 0 Å². The number of nitrogens with zero attached hydrogens (tertiary/aromatic N) is 3. The quantitative estimate of drug-likeness (QED) is 0.315. The molecule has 178 valence electrons. The van der Waals surface area contributed by atoms with E-state index in [0.717, 1.165) is 24.0 Å². The molecule has 5 aromatic rings. The highest BCUT2D eigenvalue weighted by atomic mass is 35.5. The van der Waals surface area contributed by atoms with E-state index in [0.29, 0.717) is 11.0 Å². The van der Waals surface area contributed by atoms with Gasteiger partial charge in [-0.05, 0) is 42.5 Å². The van der Waals surface area contributed by atoms with E-state index >= 15 is 4.39 Å². The van der Waals surface area contributed by atoms with Gasteiger partial charge < -0.3 is 4.57 Å². The van der Waals surface area contributed by atoms with Crippen LogP contribution < -0.4 is 4.72 Å². The number of sulfonamides is 1. The first-order valence-corrected chi connectivity index (χ1v) is 12.3. The van der Waals surface area contributed by atoms with Crippen molar-refractivity contribution in [3.63, 3.8) is 0 Å². The molecule has 3 aromatic heterocycles. The highest BCUT2D eigenvalue weighted by molar-refractivity contribution is 7.92. The van der Waals surface area contributed by atoms with Gasteiger partial charge in [0, 0.05) is 35.9 Å². The fraction of sp³-hybridized carbons (Fsp3) is 0. The van der Waals surface area contributed by atoms with E-state index in [2.05, 4.69) is 26.5 Å². The number of anilines is 1. The fourth-order valence-electron chi connectivity index (χ4n) is 3.52. The third-order valence-electron chi connectivity index (χ3n) is 5.28. The molecule has 5 rings (SSSR count). The number of fused-ring (bicyclic) bond motifs is 1. The standard InChI is InChI=1S/C26H15ClF2N4O2S/c27-24-17(15-31-26-21(24)12-14-33(26)18-5-2-1-3-6-18)8-9-20-22(28)10-11-23(25(20)29)32-36(34,35)19-7-4-13-30-16-19/h1-7,10-16,32H. The molecule has 0 bridgehead atoms. The van der Waals surface area contributed by atoms with Crippen LogP contribution in [0.25, 0.3) is 16.7 Å². The monoisotopic (exact) mass is 520 g/mol. The molecule has 10 heteroatoms. The summed E-state index contributed by atoms with van der Waals surface area (Å²) < 4.78 is 58.6. The van der Waals surface area contributed by atoms with E-state index in [1.807, 2.05) is 41.1 Å². The Labute approximate surface area is 210 Å². The number of benzene rings is 2. The number of aromatic nitrogens is 3. The predicted octanol–water partition coefficient (Wildman–Crippen LogP) is 5.55. The van der Waals surface area contributed by atoms with Crippen molar-refractivity contribution >= 4 is 38.3 Å². The summed E-state index contributed by atoms with van der Waals surface area (Å²) in [5, 5.41) is 0.891. The minimum atomic E-state index is -4.14. The second-order valence-corrected chi connectivity index (χ2v) is 9.63. The maximum absolute atomic E-state index is 15.1. The van der Waals surface area contributed by atoms with Crippen LogP contribution in [0.5, 0.6) is 0 Å². The van der Waals surface area contributed by atoms with Crippen molar-refractivity contribution in [2.75, 3.05) is 4.72 Å². The summed E-state index contributed by atoms with van der Waals surface area (Å²) in [7, 11) is -4.14. The van der Waals surface area contributed by atoms with E-state index in [4.69, 9.17) is 11.6 Å². The molecule has 36 heavy (non-hydrogen) atoms. The van der Waals surface area contributed by atoms with E-state index in [1.54, 1.807) is 6.07 Å². The minimum Gasteiger partial charge on any atom is -0.301 e. The zero-order valence-corrected chi connectivity index (χ0v) is 19.9. The fourth-order valence-corrected chi connectivity index (χ4v) is 4.79. The third kappa shape index (κ3) is 4.40. The zero-order valence-electron chi connectivity index (χ0n) is 18.3. The van der Waals surface area contributed by atoms with Crippen molar-refractivity contribution in [2.45, 2.75) is 4.90 Å². The molecule has 0 spiro atoms. The lowest BCUT2D eigenvalue weighted by Gasteiger charge is -2.10. The summed E-state index contributed by atoms with van der Waals surface area (Å²) in [6.45, 7) is 0. The van der Waals surface area contributed by atoms with Crippen molar-refractivity contribution in [1.82, 2.24) is 14.5 Å². The van der Waals surface area contributed by atoms with Gasteiger partial charge in [-0.3, -0.25) is 9.71 Å². The average molecular weight is 521 g/mol. The lowest BCUT2D eigenvalue weighted by Crippen LogP contribution is -2.14. The molecule has 3 heterocycles. The second-order valence-electron chi connectivity index (χ2n) is 7.57. The molecular weight excluding hydrogens is 506 g/mol. The first-order chi connectivity index (χ1) is 17.3. The Kier molecular flexibility index (Phi) is 6.14. The number of para-hydroxylation sites is 1. The Balaban J connectivity index is 1.50. The average Bonchev–Trinajstić information content (AvgIpc) is 3.33. The maximum Gasteiger partial charge on any atom is 0.263 e. The molecule has 0 atom stereocenters. The number of rotatable bonds is 4. The highest BCUT2D eigenvalue weighted by Crippen LogP contribution is 2.28. The van der Waals surface area contributed by atoms with Crippen molar-refractivity contribution in [3.8, 4) is 17.5 Å². The van der Waals surface area contributed by atoms with E-state index in [-0.39, 0.29) is 15.5 Å². The summed E-state index contributed by atoms with van der Waals surface area (Å²) in [5.74, 6) is 2.97. The Morgan fingerprint density at radius 3 is 2.50 bits per heavy atom. The summed E-state index contributed by atoms with van der Waals surface area (Å²) in [6, 6.07) is 16.0.